The van der Waals surface area contributed by atoms with Gasteiger partial charge in [0, 0.05) is 19.3 Å². The van der Waals surface area contributed by atoms with E-state index in [-0.39, 0.29) is 24.5 Å². The van der Waals surface area contributed by atoms with Crippen molar-refractivity contribution >= 4 is 29.2 Å². The molecule has 1 atom stereocenters. The summed E-state index contributed by atoms with van der Waals surface area (Å²) in [6.07, 6.45) is -3.87. The number of carboxylic acids is 1. The number of rotatable bonds is 6. The van der Waals surface area contributed by atoms with Gasteiger partial charge in [-0.2, -0.15) is 5.10 Å². The van der Waals surface area contributed by atoms with Crippen LogP contribution in [0.5, 0.6) is 0 Å². The Balaban J connectivity index is 2.25. The SMILES string of the molecule is Cc1ccc(C)c(N2N=C(C(=O)NC(CC(F)F)C(=O)O)CCC2=O)c1. The number of carboxylic acid groups (broad SMARTS) is 1. The van der Waals surface area contributed by atoms with Crippen LogP contribution in [0.3, 0.4) is 0 Å². The van der Waals surface area contributed by atoms with E-state index in [0.29, 0.717) is 5.69 Å². The fraction of sp³-hybridized carbons (Fsp3) is 0.412. The van der Waals surface area contributed by atoms with E-state index in [1.165, 1.54) is 0 Å². The Morgan fingerprint density at radius 3 is 2.62 bits per heavy atom. The maximum absolute atomic E-state index is 12.5. The summed E-state index contributed by atoms with van der Waals surface area (Å²) >= 11 is 0. The third-order valence-corrected chi connectivity index (χ3v) is 3.90. The predicted molar refractivity (Wildman–Crippen MR) is 90.3 cm³/mol. The van der Waals surface area contributed by atoms with Gasteiger partial charge in [0.25, 0.3) is 5.91 Å². The van der Waals surface area contributed by atoms with Crippen molar-refractivity contribution in [1.29, 1.82) is 0 Å². The Hall–Kier alpha value is -2.84. The quantitative estimate of drug-likeness (QED) is 0.803. The Labute approximate surface area is 148 Å². The van der Waals surface area contributed by atoms with Crippen LogP contribution >= 0.6 is 0 Å². The summed E-state index contributed by atoms with van der Waals surface area (Å²) in [6, 6.07) is 3.70. The highest BCUT2D eigenvalue weighted by atomic mass is 19.3. The molecule has 0 radical (unpaired) electrons. The molecule has 1 aliphatic heterocycles. The van der Waals surface area contributed by atoms with E-state index in [2.05, 4.69) is 5.10 Å². The van der Waals surface area contributed by atoms with Gasteiger partial charge in [0.1, 0.15) is 11.8 Å². The number of carbonyl (C=O) groups is 3. The lowest BCUT2D eigenvalue weighted by atomic mass is 10.1. The van der Waals surface area contributed by atoms with E-state index < -0.39 is 30.8 Å². The molecule has 0 aromatic heterocycles. The topological polar surface area (TPSA) is 99.1 Å². The zero-order valence-corrected chi connectivity index (χ0v) is 14.3. The fourth-order valence-corrected chi connectivity index (χ4v) is 2.49. The predicted octanol–water partition coefficient (Wildman–Crippen LogP) is 2.01. The second-order valence-corrected chi connectivity index (χ2v) is 6.03. The normalized spacial score (nSPS) is 15.7. The monoisotopic (exact) mass is 367 g/mol. The van der Waals surface area contributed by atoms with Crippen molar-refractivity contribution in [1.82, 2.24) is 5.32 Å². The molecule has 2 N–H and O–H groups in total. The average Bonchev–Trinajstić information content (AvgIpc) is 2.56. The molecule has 140 valence electrons. The van der Waals surface area contributed by atoms with Crippen LogP contribution in [-0.4, -0.2) is 41.1 Å². The minimum Gasteiger partial charge on any atom is -0.480 e. The summed E-state index contributed by atoms with van der Waals surface area (Å²) in [5, 5.41) is 16.1. The molecule has 0 spiro atoms. The minimum atomic E-state index is -2.88. The molecule has 0 bridgehead atoms. The Morgan fingerprint density at radius 1 is 1.31 bits per heavy atom. The van der Waals surface area contributed by atoms with Crippen molar-refractivity contribution in [3.63, 3.8) is 0 Å². The van der Waals surface area contributed by atoms with Gasteiger partial charge < -0.3 is 10.4 Å². The lowest BCUT2D eigenvalue weighted by Crippen LogP contribution is -2.47. The lowest BCUT2D eigenvalue weighted by molar-refractivity contribution is -0.142. The van der Waals surface area contributed by atoms with Gasteiger partial charge in [-0.05, 0) is 31.0 Å². The van der Waals surface area contributed by atoms with Crippen molar-refractivity contribution in [3.05, 3.63) is 29.3 Å². The number of benzene rings is 1. The van der Waals surface area contributed by atoms with Crippen molar-refractivity contribution in [3.8, 4) is 0 Å². The van der Waals surface area contributed by atoms with Crippen LogP contribution in [0.1, 0.15) is 30.4 Å². The number of aliphatic carboxylic acids is 1. The fourth-order valence-electron chi connectivity index (χ4n) is 2.49. The molecule has 0 fully saturated rings. The zero-order chi connectivity index (χ0) is 19.4. The van der Waals surface area contributed by atoms with Crippen LogP contribution in [-0.2, 0) is 14.4 Å². The Morgan fingerprint density at radius 2 is 2.00 bits per heavy atom. The summed E-state index contributed by atoms with van der Waals surface area (Å²) in [5.74, 6) is -2.74. The number of aryl methyl sites for hydroxylation is 2. The molecular formula is C17H19F2N3O4. The van der Waals surface area contributed by atoms with Gasteiger partial charge in [-0.15, -0.1) is 0 Å². The number of amides is 2. The maximum atomic E-state index is 12.5. The Bertz CT molecular complexity index is 764. The first kappa shape index (κ1) is 19.5. The van der Waals surface area contributed by atoms with Crippen molar-refractivity contribution in [2.75, 3.05) is 5.01 Å². The van der Waals surface area contributed by atoms with Gasteiger partial charge in [0.05, 0.1) is 5.69 Å². The number of nitrogens with zero attached hydrogens (tertiary/aromatic N) is 2. The van der Waals surface area contributed by atoms with Gasteiger partial charge in [0.15, 0.2) is 0 Å². The van der Waals surface area contributed by atoms with E-state index in [1.54, 1.807) is 13.0 Å². The highest BCUT2D eigenvalue weighted by Gasteiger charge is 2.30. The molecule has 1 aromatic carbocycles. The molecule has 1 aromatic rings. The Kier molecular flexibility index (Phi) is 6.01. The lowest BCUT2D eigenvalue weighted by Gasteiger charge is -2.25. The van der Waals surface area contributed by atoms with Crippen molar-refractivity contribution in [2.45, 2.75) is 45.6 Å². The van der Waals surface area contributed by atoms with Crippen LogP contribution in [0.4, 0.5) is 14.5 Å². The molecule has 9 heteroatoms. The van der Waals surface area contributed by atoms with Gasteiger partial charge >= 0.3 is 5.97 Å². The summed E-state index contributed by atoms with van der Waals surface area (Å²) in [6.45, 7) is 3.63. The van der Waals surface area contributed by atoms with E-state index in [1.807, 2.05) is 24.4 Å². The minimum absolute atomic E-state index is 0.00617. The van der Waals surface area contributed by atoms with Crippen LogP contribution in [0.2, 0.25) is 0 Å². The zero-order valence-electron chi connectivity index (χ0n) is 14.3. The number of anilines is 1. The molecule has 1 heterocycles. The van der Waals surface area contributed by atoms with Crippen LogP contribution in [0.15, 0.2) is 23.3 Å². The standard InChI is InChI=1S/C17H19F2N3O4/c1-9-3-4-10(2)13(7-9)22-15(23)6-5-11(21-22)16(24)20-12(17(25)26)8-14(18)19/h3-4,7,12,14H,5-6,8H2,1-2H3,(H,20,24)(H,25,26). The van der Waals surface area contributed by atoms with Crippen LogP contribution < -0.4 is 10.3 Å². The van der Waals surface area contributed by atoms with Gasteiger partial charge in [-0.25, -0.2) is 18.6 Å². The van der Waals surface area contributed by atoms with Crippen LogP contribution in [0.25, 0.3) is 0 Å². The second-order valence-electron chi connectivity index (χ2n) is 6.03. The molecular weight excluding hydrogens is 348 g/mol. The smallest absolute Gasteiger partial charge is 0.326 e. The number of hydrazone groups is 1. The molecule has 2 amide bonds. The third-order valence-electron chi connectivity index (χ3n) is 3.90. The van der Waals surface area contributed by atoms with Gasteiger partial charge in [-0.3, -0.25) is 9.59 Å². The summed E-state index contributed by atoms with van der Waals surface area (Å²) in [4.78, 5) is 35.5. The van der Waals surface area contributed by atoms with E-state index in [4.69, 9.17) is 5.11 Å². The molecule has 0 aliphatic carbocycles. The molecule has 26 heavy (non-hydrogen) atoms. The number of nitrogens with one attached hydrogen (secondary N) is 1. The van der Waals surface area contributed by atoms with E-state index in [0.717, 1.165) is 16.1 Å². The molecule has 1 aliphatic rings. The highest BCUT2D eigenvalue weighted by Crippen LogP contribution is 2.25. The van der Waals surface area contributed by atoms with Gasteiger partial charge in [0.2, 0.25) is 12.3 Å². The summed E-state index contributed by atoms with van der Waals surface area (Å²) in [5.41, 5.74) is 2.11. The van der Waals surface area contributed by atoms with Crippen molar-refractivity contribution < 1.29 is 28.3 Å². The molecule has 1 unspecified atom stereocenters. The van der Waals surface area contributed by atoms with E-state index in [9.17, 15) is 23.2 Å². The first-order valence-corrected chi connectivity index (χ1v) is 7.98. The number of hydrogen-bond donors (Lipinski definition) is 2. The van der Waals surface area contributed by atoms with Gasteiger partial charge in [-0.1, -0.05) is 12.1 Å². The number of alkyl halides is 2. The molecule has 2 rings (SSSR count). The highest BCUT2D eigenvalue weighted by molar-refractivity contribution is 6.40. The molecule has 0 saturated carbocycles. The summed E-state index contributed by atoms with van der Waals surface area (Å²) in [7, 11) is 0. The molecule has 7 nitrogen and oxygen atoms in total. The number of halogens is 2. The number of carbonyl (C=O) groups excluding carboxylic acids is 2. The van der Waals surface area contributed by atoms with E-state index >= 15 is 0 Å². The van der Waals surface area contributed by atoms with Crippen LogP contribution in [0, 0.1) is 13.8 Å². The largest absolute Gasteiger partial charge is 0.480 e. The number of hydrogen-bond acceptors (Lipinski definition) is 4. The third kappa shape index (κ3) is 4.62. The molecule has 0 saturated heterocycles. The second kappa shape index (κ2) is 8.03. The summed E-state index contributed by atoms with van der Waals surface area (Å²) < 4.78 is 24.9. The first-order valence-electron chi connectivity index (χ1n) is 7.98. The average molecular weight is 367 g/mol. The maximum Gasteiger partial charge on any atom is 0.326 e. The first-order chi connectivity index (χ1) is 12.2. The van der Waals surface area contributed by atoms with Crippen molar-refractivity contribution in [2.24, 2.45) is 5.10 Å².